The number of unbranched alkanes of at least 4 members (excludes halogenated alkanes) is 3. The lowest BCUT2D eigenvalue weighted by Crippen LogP contribution is -2.06. The maximum atomic E-state index is 11.0. The molecule has 0 aliphatic heterocycles. The first-order valence-corrected chi connectivity index (χ1v) is 5.95. The van der Waals surface area contributed by atoms with Crippen LogP contribution >= 0.6 is 0 Å². The predicted octanol–water partition coefficient (Wildman–Crippen LogP) is 2.60. The molecule has 4 nitrogen and oxygen atoms in total. The van der Waals surface area contributed by atoms with Gasteiger partial charge >= 0.3 is 5.97 Å². The second-order valence-electron chi connectivity index (χ2n) is 3.85. The highest BCUT2D eigenvalue weighted by molar-refractivity contribution is 5.86. The smallest absolute Gasteiger partial charge is 0.333 e. The van der Waals surface area contributed by atoms with E-state index >= 15 is 0 Å². The SMILES string of the molecule is C=C(C)C(=O)OCCCCCCOCCC#N. The number of nitriles is 1. The first-order valence-electron chi connectivity index (χ1n) is 5.95. The molecule has 0 aromatic rings. The lowest BCUT2D eigenvalue weighted by molar-refractivity contribution is -0.139. The highest BCUT2D eigenvalue weighted by atomic mass is 16.5. The van der Waals surface area contributed by atoms with Crippen LogP contribution in [-0.4, -0.2) is 25.8 Å². The molecular formula is C13H21NO3. The van der Waals surface area contributed by atoms with Gasteiger partial charge in [0.25, 0.3) is 0 Å². The van der Waals surface area contributed by atoms with Crippen molar-refractivity contribution in [3.63, 3.8) is 0 Å². The Morgan fingerprint density at radius 2 is 1.82 bits per heavy atom. The van der Waals surface area contributed by atoms with Crippen LogP contribution in [0.4, 0.5) is 0 Å². The molecule has 4 heteroatoms. The maximum absolute atomic E-state index is 11.0. The monoisotopic (exact) mass is 239 g/mol. The van der Waals surface area contributed by atoms with Crippen LogP contribution in [0.15, 0.2) is 12.2 Å². The lowest BCUT2D eigenvalue weighted by atomic mass is 10.2. The fraction of sp³-hybridized carbons (Fsp3) is 0.692. The molecule has 0 saturated heterocycles. The third-order valence-corrected chi connectivity index (χ3v) is 2.12. The van der Waals surface area contributed by atoms with Gasteiger partial charge in [-0.3, -0.25) is 0 Å². The van der Waals surface area contributed by atoms with Gasteiger partial charge in [0.1, 0.15) is 0 Å². The van der Waals surface area contributed by atoms with Gasteiger partial charge in [0.2, 0.25) is 0 Å². The van der Waals surface area contributed by atoms with Crippen LogP contribution in [0.3, 0.4) is 0 Å². The van der Waals surface area contributed by atoms with E-state index in [1.54, 1.807) is 6.92 Å². The number of esters is 1. The lowest BCUT2D eigenvalue weighted by Gasteiger charge is -2.04. The molecule has 96 valence electrons. The number of hydrogen-bond donors (Lipinski definition) is 0. The molecule has 0 rings (SSSR count). The van der Waals surface area contributed by atoms with Crippen molar-refractivity contribution < 1.29 is 14.3 Å². The number of ether oxygens (including phenoxy) is 2. The summed E-state index contributed by atoms with van der Waals surface area (Å²) in [6.45, 7) is 6.83. The van der Waals surface area contributed by atoms with Crippen LogP contribution in [0.25, 0.3) is 0 Å². The average molecular weight is 239 g/mol. The van der Waals surface area contributed by atoms with E-state index < -0.39 is 0 Å². The summed E-state index contributed by atoms with van der Waals surface area (Å²) in [4.78, 5) is 11.0. The molecule has 0 aliphatic carbocycles. The minimum Gasteiger partial charge on any atom is -0.462 e. The molecule has 0 aromatic carbocycles. The van der Waals surface area contributed by atoms with E-state index in [0.717, 1.165) is 25.7 Å². The molecule has 0 unspecified atom stereocenters. The summed E-state index contributed by atoms with van der Waals surface area (Å²) in [6, 6.07) is 2.03. The number of nitrogens with zero attached hydrogens (tertiary/aromatic N) is 1. The molecule has 0 spiro atoms. The quantitative estimate of drug-likeness (QED) is 0.334. The van der Waals surface area contributed by atoms with Crippen molar-refractivity contribution in [3.05, 3.63) is 12.2 Å². The van der Waals surface area contributed by atoms with Crippen LogP contribution in [0.2, 0.25) is 0 Å². The molecule has 0 radical (unpaired) electrons. The van der Waals surface area contributed by atoms with E-state index in [2.05, 4.69) is 6.58 Å². The summed E-state index contributed by atoms with van der Waals surface area (Å²) >= 11 is 0. The summed E-state index contributed by atoms with van der Waals surface area (Å²) in [5.41, 5.74) is 0.441. The Bertz CT molecular complexity index is 268. The standard InChI is InChI=1S/C13H21NO3/c1-12(2)13(15)17-11-6-4-3-5-9-16-10-7-8-14/h1,3-7,9-11H2,2H3. The Labute approximate surface area is 103 Å². The van der Waals surface area contributed by atoms with Crippen molar-refractivity contribution >= 4 is 5.97 Å². The fourth-order valence-corrected chi connectivity index (χ4v) is 1.17. The summed E-state index contributed by atoms with van der Waals surface area (Å²) < 4.78 is 10.2. The van der Waals surface area contributed by atoms with Crippen molar-refractivity contribution in [2.75, 3.05) is 19.8 Å². The second-order valence-corrected chi connectivity index (χ2v) is 3.85. The Hall–Kier alpha value is -1.34. The summed E-state index contributed by atoms with van der Waals surface area (Å²) in [5, 5.41) is 8.27. The van der Waals surface area contributed by atoms with Crippen molar-refractivity contribution in [2.24, 2.45) is 0 Å². The maximum Gasteiger partial charge on any atom is 0.333 e. The van der Waals surface area contributed by atoms with Gasteiger partial charge in [-0.25, -0.2) is 4.79 Å². The van der Waals surface area contributed by atoms with Gasteiger partial charge in [0.15, 0.2) is 0 Å². The van der Waals surface area contributed by atoms with E-state index in [1.165, 1.54) is 0 Å². The second kappa shape index (κ2) is 11.2. The average Bonchev–Trinajstić information content (AvgIpc) is 2.31. The zero-order valence-electron chi connectivity index (χ0n) is 10.5. The number of carbonyl (C=O) groups is 1. The van der Waals surface area contributed by atoms with Crippen LogP contribution in [0, 0.1) is 11.3 Å². The Morgan fingerprint density at radius 1 is 1.18 bits per heavy atom. The minimum atomic E-state index is -0.315. The molecule has 0 N–H and O–H groups in total. The van der Waals surface area contributed by atoms with Gasteiger partial charge in [0.05, 0.1) is 25.7 Å². The Morgan fingerprint density at radius 3 is 2.41 bits per heavy atom. The van der Waals surface area contributed by atoms with Gasteiger partial charge in [0, 0.05) is 12.2 Å². The molecule has 0 aromatic heterocycles. The molecule has 0 aliphatic rings. The normalized spacial score (nSPS) is 9.65. The summed E-state index contributed by atoms with van der Waals surface area (Å²) in [7, 11) is 0. The summed E-state index contributed by atoms with van der Waals surface area (Å²) in [6.07, 6.45) is 4.39. The Balaban J connectivity index is 3.12. The highest BCUT2D eigenvalue weighted by Gasteiger charge is 2.01. The van der Waals surface area contributed by atoms with Gasteiger partial charge in [-0.2, -0.15) is 5.26 Å². The molecule has 0 saturated carbocycles. The van der Waals surface area contributed by atoms with E-state index in [9.17, 15) is 4.79 Å². The Kier molecular flexibility index (Phi) is 10.3. The third-order valence-electron chi connectivity index (χ3n) is 2.12. The van der Waals surface area contributed by atoms with E-state index in [4.69, 9.17) is 14.7 Å². The zero-order chi connectivity index (χ0) is 12.9. The summed E-state index contributed by atoms with van der Waals surface area (Å²) in [5.74, 6) is -0.315. The molecule has 17 heavy (non-hydrogen) atoms. The minimum absolute atomic E-state index is 0.315. The van der Waals surface area contributed by atoms with E-state index in [1.807, 2.05) is 6.07 Å². The van der Waals surface area contributed by atoms with E-state index in [-0.39, 0.29) is 5.97 Å². The van der Waals surface area contributed by atoms with Gasteiger partial charge in [-0.1, -0.05) is 13.0 Å². The predicted molar refractivity (Wildman–Crippen MR) is 65.3 cm³/mol. The molecule has 0 fully saturated rings. The first kappa shape index (κ1) is 15.7. The number of rotatable bonds is 10. The highest BCUT2D eigenvalue weighted by Crippen LogP contribution is 2.02. The number of carbonyl (C=O) groups excluding carboxylic acids is 1. The zero-order valence-corrected chi connectivity index (χ0v) is 10.5. The molecule has 0 heterocycles. The third kappa shape index (κ3) is 10.9. The molecule has 0 atom stereocenters. The van der Waals surface area contributed by atoms with Crippen LogP contribution in [0.5, 0.6) is 0 Å². The van der Waals surface area contributed by atoms with Crippen molar-refractivity contribution in [3.8, 4) is 6.07 Å². The first-order chi connectivity index (χ1) is 8.18. The van der Waals surface area contributed by atoms with Crippen molar-refractivity contribution in [2.45, 2.75) is 39.0 Å². The fourth-order valence-electron chi connectivity index (χ4n) is 1.17. The molecule has 0 amide bonds. The number of hydrogen-bond acceptors (Lipinski definition) is 4. The van der Waals surface area contributed by atoms with Crippen molar-refractivity contribution in [1.82, 2.24) is 0 Å². The largest absolute Gasteiger partial charge is 0.462 e. The van der Waals surface area contributed by atoms with Gasteiger partial charge in [-0.05, 0) is 26.2 Å². The van der Waals surface area contributed by atoms with Gasteiger partial charge in [-0.15, -0.1) is 0 Å². The van der Waals surface area contributed by atoms with Gasteiger partial charge < -0.3 is 9.47 Å². The van der Waals surface area contributed by atoms with Crippen LogP contribution < -0.4 is 0 Å². The van der Waals surface area contributed by atoms with Crippen molar-refractivity contribution in [1.29, 1.82) is 5.26 Å². The molecule has 0 bridgehead atoms. The van der Waals surface area contributed by atoms with Crippen LogP contribution in [-0.2, 0) is 14.3 Å². The topological polar surface area (TPSA) is 59.3 Å². The van der Waals surface area contributed by atoms with Crippen LogP contribution in [0.1, 0.15) is 39.0 Å². The van der Waals surface area contributed by atoms with E-state index in [0.29, 0.717) is 31.8 Å². The molecular weight excluding hydrogens is 218 g/mol.